The molecule has 3 nitrogen and oxygen atoms in total. The second-order valence-corrected chi connectivity index (χ2v) is 6.34. The van der Waals surface area contributed by atoms with Gasteiger partial charge in [0.2, 0.25) is 0 Å². The topological polar surface area (TPSA) is 46.2 Å². The minimum atomic E-state index is -0.598. The van der Waals surface area contributed by atoms with Crippen molar-refractivity contribution in [2.75, 3.05) is 5.32 Å². The number of hydrogen-bond acceptors (Lipinski definition) is 4. The van der Waals surface area contributed by atoms with Gasteiger partial charge in [-0.2, -0.15) is 0 Å². The van der Waals surface area contributed by atoms with E-state index in [2.05, 4.69) is 5.32 Å². The molecule has 0 saturated heterocycles. The molecule has 0 saturated carbocycles. The second kappa shape index (κ2) is 4.42. The molecule has 90 valence electrons. The highest BCUT2D eigenvalue weighted by molar-refractivity contribution is 8.01. The van der Waals surface area contributed by atoms with Crippen LogP contribution in [0.5, 0.6) is 0 Å². The van der Waals surface area contributed by atoms with E-state index in [1.807, 2.05) is 17.5 Å². The van der Waals surface area contributed by atoms with Gasteiger partial charge in [-0.1, -0.05) is 29.4 Å². The van der Waals surface area contributed by atoms with Crippen LogP contribution < -0.4 is 5.32 Å². The average molecular weight is 296 g/mol. The van der Waals surface area contributed by atoms with Crippen molar-refractivity contribution in [2.24, 2.45) is 0 Å². The molecule has 1 amide bonds. The number of anilines is 1. The number of Topliss-reactive ketones (excluding diaryl/α,β-unsaturated/α-hetero) is 1. The molecule has 0 spiro atoms. The number of halogens is 1. The molecule has 1 aromatic heterocycles. The molecular formula is C12H6ClNO2S2. The molecule has 0 unspecified atom stereocenters. The molecule has 1 aromatic carbocycles. The van der Waals surface area contributed by atoms with Crippen LogP contribution in [0, 0.1) is 0 Å². The van der Waals surface area contributed by atoms with E-state index in [9.17, 15) is 9.59 Å². The molecule has 0 bridgehead atoms. The zero-order valence-electron chi connectivity index (χ0n) is 8.90. The smallest absolute Gasteiger partial charge is 0.296 e. The van der Waals surface area contributed by atoms with Gasteiger partial charge in [0, 0.05) is 4.90 Å². The Morgan fingerprint density at radius 2 is 2.11 bits per heavy atom. The molecule has 1 aliphatic heterocycles. The third-order valence-electron chi connectivity index (χ3n) is 2.48. The Labute approximate surface area is 116 Å². The minimum Gasteiger partial charge on any atom is -0.318 e. The number of ketones is 1. The highest BCUT2D eigenvalue weighted by atomic mass is 35.5. The number of carbonyl (C=O) groups is 2. The number of thiophene rings is 1. The molecule has 0 atom stereocenters. The molecule has 18 heavy (non-hydrogen) atoms. The van der Waals surface area contributed by atoms with Crippen molar-refractivity contribution in [2.45, 2.75) is 9.10 Å². The van der Waals surface area contributed by atoms with Crippen molar-refractivity contribution >= 4 is 52.1 Å². The number of amides is 1. The Kier molecular flexibility index (Phi) is 2.89. The van der Waals surface area contributed by atoms with Crippen LogP contribution in [-0.2, 0) is 4.79 Å². The molecular weight excluding hydrogens is 290 g/mol. The van der Waals surface area contributed by atoms with Gasteiger partial charge in [-0.25, -0.2) is 0 Å². The zero-order valence-corrected chi connectivity index (χ0v) is 11.3. The average Bonchev–Trinajstić information content (AvgIpc) is 2.92. The van der Waals surface area contributed by atoms with Crippen LogP contribution in [0.15, 0.2) is 38.8 Å². The minimum absolute atomic E-state index is 0.348. The Morgan fingerprint density at radius 1 is 1.28 bits per heavy atom. The summed E-state index contributed by atoms with van der Waals surface area (Å²) in [5, 5.41) is 5.00. The van der Waals surface area contributed by atoms with E-state index in [0.717, 1.165) is 9.10 Å². The maximum Gasteiger partial charge on any atom is 0.296 e. The highest BCUT2D eigenvalue weighted by Crippen LogP contribution is 2.39. The summed E-state index contributed by atoms with van der Waals surface area (Å²) in [5.41, 5.74) is 0.883. The van der Waals surface area contributed by atoms with Crippen molar-refractivity contribution in [1.29, 1.82) is 0 Å². The highest BCUT2D eigenvalue weighted by Gasteiger charge is 2.29. The van der Waals surface area contributed by atoms with E-state index in [4.69, 9.17) is 11.6 Å². The fraction of sp³-hybridized carbons (Fsp3) is 0. The quantitative estimate of drug-likeness (QED) is 0.860. The maximum absolute atomic E-state index is 11.5. The van der Waals surface area contributed by atoms with Crippen LogP contribution in [-0.4, -0.2) is 11.7 Å². The fourth-order valence-electron chi connectivity index (χ4n) is 1.65. The van der Waals surface area contributed by atoms with Crippen LogP contribution in [0.2, 0.25) is 5.02 Å². The summed E-state index contributed by atoms with van der Waals surface area (Å²) in [7, 11) is 0. The first-order valence-electron chi connectivity index (χ1n) is 5.06. The van der Waals surface area contributed by atoms with Crippen molar-refractivity contribution < 1.29 is 9.59 Å². The van der Waals surface area contributed by atoms with E-state index in [1.165, 1.54) is 11.8 Å². The van der Waals surface area contributed by atoms with Crippen LogP contribution in [0.25, 0.3) is 0 Å². The van der Waals surface area contributed by atoms with Crippen LogP contribution in [0.3, 0.4) is 0 Å². The lowest BCUT2D eigenvalue weighted by molar-refractivity contribution is -0.112. The molecule has 2 aromatic rings. The van der Waals surface area contributed by atoms with Crippen LogP contribution in [0.4, 0.5) is 5.69 Å². The largest absolute Gasteiger partial charge is 0.318 e. The molecule has 3 rings (SSSR count). The summed E-state index contributed by atoms with van der Waals surface area (Å²) in [6.45, 7) is 0. The van der Waals surface area contributed by atoms with Gasteiger partial charge in [-0.05, 0) is 23.6 Å². The Morgan fingerprint density at radius 3 is 2.83 bits per heavy atom. The second-order valence-electron chi connectivity index (χ2n) is 3.65. The Balaban J connectivity index is 2.01. The molecule has 6 heteroatoms. The Bertz CT molecular complexity index is 652. The molecule has 2 heterocycles. The summed E-state index contributed by atoms with van der Waals surface area (Å²) < 4.78 is 1.10. The lowest BCUT2D eigenvalue weighted by Gasteiger charge is -2.05. The van der Waals surface area contributed by atoms with E-state index in [0.29, 0.717) is 16.3 Å². The van der Waals surface area contributed by atoms with Gasteiger partial charge < -0.3 is 5.32 Å². The van der Waals surface area contributed by atoms with Crippen molar-refractivity contribution in [1.82, 2.24) is 0 Å². The summed E-state index contributed by atoms with van der Waals surface area (Å²) >= 11 is 9.25. The summed E-state index contributed by atoms with van der Waals surface area (Å²) in [5.74, 6) is -1.13. The van der Waals surface area contributed by atoms with Gasteiger partial charge >= 0.3 is 0 Å². The number of fused-ring (bicyclic) bond motifs is 1. The van der Waals surface area contributed by atoms with Crippen molar-refractivity contribution in [3.05, 3.63) is 40.2 Å². The fourth-order valence-corrected chi connectivity index (χ4v) is 3.71. The molecule has 0 aliphatic carbocycles. The van der Waals surface area contributed by atoms with Crippen molar-refractivity contribution in [3.8, 4) is 0 Å². The predicted octanol–water partition coefficient (Wildman–Crippen LogP) is 3.69. The third-order valence-corrected chi connectivity index (χ3v) is 5.00. The van der Waals surface area contributed by atoms with E-state index in [1.54, 1.807) is 23.5 Å². The number of hydrogen-bond donors (Lipinski definition) is 1. The maximum atomic E-state index is 11.5. The lowest BCUT2D eigenvalue weighted by Crippen LogP contribution is -2.12. The van der Waals surface area contributed by atoms with E-state index < -0.39 is 11.7 Å². The number of rotatable bonds is 2. The van der Waals surface area contributed by atoms with Gasteiger partial charge in [0.1, 0.15) is 0 Å². The normalized spacial score (nSPS) is 13.6. The summed E-state index contributed by atoms with van der Waals surface area (Å²) in [6.07, 6.45) is 0. The summed E-state index contributed by atoms with van der Waals surface area (Å²) in [6, 6.07) is 7.24. The molecule has 1 N–H and O–H groups in total. The van der Waals surface area contributed by atoms with Gasteiger partial charge in [0.25, 0.3) is 11.7 Å². The zero-order chi connectivity index (χ0) is 12.7. The van der Waals surface area contributed by atoms with Gasteiger partial charge in [-0.15, -0.1) is 11.3 Å². The first-order valence-corrected chi connectivity index (χ1v) is 7.13. The van der Waals surface area contributed by atoms with Gasteiger partial charge in [0.15, 0.2) is 0 Å². The molecule has 0 radical (unpaired) electrons. The summed E-state index contributed by atoms with van der Waals surface area (Å²) in [4.78, 5) is 23.6. The van der Waals surface area contributed by atoms with E-state index >= 15 is 0 Å². The third kappa shape index (κ3) is 1.94. The number of nitrogens with one attached hydrogen (secondary N) is 1. The number of carbonyl (C=O) groups excluding carboxylic acids is 2. The first-order chi connectivity index (χ1) is 8.65. The number of benzene rings is 1. The predicted molar refractivity (Wildman–Crippen MR) is 72.9 cm³/mol. The van der Waals surface area contributed by atoms with Crippen LogP contribution in [0.1, 0.15) is 10.4 Å². The van der Waals surface area contributed by atoms with Crippen LogP contribution >= 0.6 is 34.7 Å². The lowest BCUT2D eigenvalue weighted by atomic mass is 10.1. The Hall–Kier alpha value is -1.30. The SMILES string of the molecule is O=C1Nc2cc(Sc3cccs3)c(Cl)cc2C1=O. The van der Waals surface area contributed by atoms with Crippen molar-refractivity contribution in [3.63, 3.8) is 0 Å². The molecule has 1 aliphatic rings. The first kappa shape index (κ1) is 11.8. The monoisotopic (exact) mass is 295 g/mol. The van der Waals surface area contributed by atoms with Gasteiger partial charge in [-0.3, -0.25) is 9.59 Å². The van der Waals surface area contributed by atoms with Gasteiger partial charge in [0.05, 0.1) is 20.5 Å². The van der Waals surface area contributed by atoms with E-state index in [-0.39, 0.29) is 0 Å². The standard InChI is InChI=1S/C12H6ClNO2S2/c13-7-4-6-8(14-12(16)11(6)15)5-9(7)18-10-2-1-3-17-10/h1-5H,(H,14,15,16). The molecule has 0 fully saturated rings.